The van der Waals surface area contributed by atoms with E-state index in [0.29, 0.717) is 18.3 Å². The fourth-order valence-corrected chi connectivity index (χ4v) is 3.68. The number of methoxy groups -OCH3 is 1. The third kappa shape index (κ3) is 4.14. The summed E-state index contributed by atoms with van der Waals surface area (Å²) in [6, 6.07) is 16.0. The van der Waals surface area contributed by atoms with E-state index >= 15 is 0 Å². The predicted molar refractivity (Wildman–Crippen MR) is 108 cm³/mol. The molecule has 0 saturated carbocycles. The van der Waals surface area contributed by atoms with E-state index in [1.165, 1.54) is 0 Å². The molecule has 0 atom stereocenters. The maximum Gasteiger partial charge on any atom is 0.247 e. The molecule has 0 aliphatic carbocycles. The highest BCUT2D eigenvalue weighted by atomic mass is 79.9. The molecule has 0 N–H and O–H groups in total. The third-order valence-electron chi connectivity index (χ3n) is 4.70. The first-order valence-electron chi connectivity index (χ1n) is 8.91. The Labute approximate surface area is 166 Å². The topological polar surface area (TPSA) is 54.6 Å². The van der Waals surface area contributed by atoms with E-state index < -0.39 is 0 Å². The van der Waals surface area contributed by atoms with E-state index in [0.717, 1.165) is 47.7 Å². The number of hydrogen-bond donors (Lipinski definition) is 0. The molecule has 140 valence electrons. The van der Waals surface area contributed by atoms with Crippen molar-refractivity contribution in [3.63, 3.8) is 0 Å². The molecule has 0 unspecified atom stereocenters. The van der Waals surface area contributed by atoms with Crippen LogP contribution < -0.4 is 9.64 Å². The molecule has 27 heavy (non-hydrogen) atoms. The average molecular weight is 429 g/mol. The predicted octanol–water partition coefficient (Wildman–Crippen LogP) is 3.83. The Morgan fingerprint density at radius 1 is 1.04 bits per heavy atom. The monoisotopic (exact) mass is 428 g/mol. The number of rotatable bonds is 5. The minimum Gasteiger partial charge on any atom is -0.495 e. The van der Waals surface area contributed by atoms with Crippen LogP contribution in [0, 0.1) is 0 Å². The molecule has 0 amide bonds. The first kappa shape index (κ1) is 18.0. The number of anilines is 1. The van der Waals surface area contributed by atoms with Crippen LogP contribution in [0.4, 0.5) is 5.69 Å². The number of nitrogens with zero attached hydrogens (tertiary/aromatic N) is 4. The molecule has 1 aromatic heterocycles. The van der Waals surface area contributed by atoms with Gasteiger partial charge in [0.1, 0.15) is 5.75 Å². The Hall–Kier alpha value is -2.38. The van der Waals surface area contributed by atoms with Gasteiger partial charge in [-0.15, -0.1) is 10.2 Å². The summed E-state index contributed by atoms with van der Waals surface area (Å²) in [6.45, 7) is 4.42. The van der Waals surface area contributed by atoms with Crippen molar-refractivity contribution in [2.24, 2.45) is 0 Å². The van der Waals surface area contributed by atoms with Gasteiger partial charge in [0.25, 0.3) is 0 Å². The fourth-order valence-electron chi connectivity index (χ4n) is 3.28. The van der Waals surface area contributed by atoms with E-state index in [1.807, 2.05) is 42.5 Å². The SMILES string of the molecule is COc1ccccc1N1CCN(Cc2nnc(-c3cccc(Br)c3)o2)CC1. The zero-order valence-electron chi connectivity index (χ0n) is 15.1. The summed E-state index contributed by atoms with van der Waals surface area (Å²) >= 11 is 3.47. The Kier molecular flexibility index (Phi) is 5.40. The van der Waals surface area contributed by atoms with Gasteiger partial charge < -0.3 is 14.1 Å². The highest BCUT2D eigenvalue weighted by Gasteiger charge is 2.21. The molecule has 7 heteroatoms. The van der Waals surface area contributed by atoms with E-state index in [1.54, 1.807) is 7.11 Å². The molecule has 2 heterocycles. The number of para-hydroxylation sites is 2. The lowest BCUT2D eigenvalue weighted by Gasteiger charge is -2.35. The molecule has 0 spiro atoms. The second-order valence-electron chi connectivity index (χ2n) is 6.45. The summed E-state index contributed by atoms with van der Waals surface area (Å²) in [5.41, 5.74) is 2.07. The molecule has 2 aromatic carbocycles. The molecule has 0 radical (unpaired) electrons. The minimum atomic E-state index is 0.555. The number of aromatic nitrogens is 2. The Bertz CT molecular complexity index is 906. The second kappa shape index (κ2) is 8.10. The molecule has 3 aromatic rings. The molecular weight excluding hydrogens is 408 g/mol. The van der Waals surface area contributed by atoms with Crippen LogP contribution in [0.25, 0.3) is 11.5 Å². The summed E-state index contributed by atoms with van der Waals surface area (Å²) in [7, 11) is 1.72. The summed E-state index contributed by atoms with van der Waals surface area (Å²) < 4.78 is 12.3. The lowest BCUT2D eigenvalue weighted by atomic mass is 10.2. The van der Waals surface area contributed by atoms with Crippen molar-refractivity contribution in [2.45, 2.75) is 6.54 Å². The molecule has 1 aliphatic heterocycles. The summed E-state index contributed by atoms with van der Waals surface area (Å²) in [5, 5.41) is 8.40. The summed E-state index contributed by atoms with van der Waals surface area (Å²) in [4.78, 5) is 4.69. The molecular formula is C20H21BrN4O2. The van der Waals surface area contributed by atoms with E-state index in [-0.39, 0.29) is 0 Å². The first-order valence-corrected chi connectivity index (χ1v) is 9.71. The molecule has 6 nitrogen and oxygen atoms in total. The van der Waals surface area contributed by atoms with Crippen LogP contribution in [-0.4, -0.2) is 48.4 Å². The molecule has 4 rings (SSSR count). The van der Waals surface area contributed by atoms with Crippen LogP contribution in [0.1, 0.15) is 5.89 Å². The van der Waals surface area contributed by atoms with E-state index in [4.69, 9.17) is 9.15 Å². The maximum absolute atomic E-state index is 5.86. The van der Waals surface area contributed by atoms with Gasteiger partial charge in [-0.1, -0.05) is 34.1 Å². The van der Waals surface area contributed by atoms with Crippen molar-refractivity contribution in [1.82, 2.24) is 15.1 Å². The average Bonchev–Trinajstić information content (AvgIpc) is 3.17. The Morgan fingerprint density at radius 3 is 2.63 bits per heavy atom. The number of halogens is 1. The number of hydrogen-bond acceptors (Lipinski definition) is 6. The number of ether oxygens (including phenoxy) is 1. The first-order chi connectivity index (χ1) is 13.2. The van der Waals surface area contributed by atoms with Gasteiger partial charge in [0, 0.05) is 36.2 Å². The van der Waals surface area contributed by atoms with Crippen molar-refractivity contribution in [3.05, 3.63) is 58.9 Å². The van der Waals surface area contributed by atoms with Gasteiger partial charge in [0.2, 0.25) is 11.8 Å². The normalized spacial score (nSPS) is 15.1. The second-order valence-corrected chi connectivity index (χ2v) is 7.36. The standard InChI is InChI=1S/C20H21BrN4O2/c1-26-18-8-3-2-7-17(18)25-11-9-24(10-12-25)14-19-22-23-20(27-19)15-5-4-6-16(21)13-15/h2-8,13H,9-12,14H2,1H3. The van der Waals surface area contributed by atoms with Crippen molar-refractivity contribution in [2.75, 3.05) is 38.2 Å². The van der Waals surface area contributed by atoms with E-state index in [2.05, 4.69) is 42.0 Å². The minimum absolute atomic E-state index is 0.555. The molecule has 1 saturated heterocycles. The number of piperazine rings is 1. The van der Waals surface area contributed by atoms with Gasteiger partial charge in [-0.2, -0.15) is 0 Å². The van der Waals surface area contributed by atoms with Crippen LogP contribution in [0.3, 0.4) is 0 Å². The van der Waals surface area contributed by atoms with E-state index in [9.17, 15) is 0 Å². The van der Waals surface area contributed by atoms with Gasteiger partial charge >= 0.3 is 0 Å². The zero-order chi connectivity index (χ0) is 18.6. The largest absolute Gasteiger partial charge is 0.495 e. The van der Waals surface area contributed by atoms with Gasteiger partial charge in [0.15, 0.2) is 0 Å². The zero-order valence-corrected chi connectivity index (χ0v) is 16.7. The molecule has 0 bridgehead atoms. The molecule has 1 aliphatic rings. The van der Waals surface area contributed by atoms with Gasteiger partial charge in [-0.05, 0) is 30.3 Å². The van der Waals surface area contributed by atoms with Crippen LogP contribution in [-0.2, 0) is 6.54 Å². The van der Waals surface area contributed by atoms with Crippen molar-refractivity contribution in [1.29, 1.82) is 0 Å². The van der Waals surface area contributed by atoms with Crippen LogP contribution >= 0.6 is 15.9 Å². The van der Waals surface area contributed by atoms with Gasteiger partial charge in [-0.3, -0.25) is 4.90 Å². The van der Waals surface area contributed by atoms with Crippen LogP contribution in [0.2, 0.25) is 0 Å². The number of benzene rings is 2. The van der Waals surface area contributed by atoms with Gasteiger partial charge in [-0.25, -0.2) is 0 Å². The Morgan fingerprint density at radius 2 is 1.85 bits per heavy atom. The van der Waals surface area contributed by atoms with Crippen LogP contribution in [0.15, 0.2) is 57.4 Å². The lowest BCUT2D eigenvalue weighted by molar-refractivity contribution is 0.226. The summed E-state index contributed by atoms with van der Waals surface area (Å²) in [5.74, 6) is 2.12. The highest BCUT2D eigenvalue weighted by molar-refractivity contribution is 9.10. The van der Waals surface area contributed by atoms with Crippen molar-refractivity contribution < 1.29 is 9.15 Å². The quantitative estimate of drug-likeness (QED) is 0.615. The van der Waals surface area contributed by atoms with Crippen molar-refractivity contribution >= 4 is 21.6 Å². The third-order valence-corrected chi connectivity index (χ3v) is 5.19. The Balaban J connectivity index is 1.37. The van der Waals surface area contributed by atoms with Crippen LogP contribution in [0.5, 0.6) is 5.75 Å². The lowest BCUT2D eigenvalue weighted by Crippen LogP contribution is -2.46. The fraction of sp³-hybridized carbons (Fsp3) is 0.300. The smallest absolute Gasteiger partial charge is 0.247 e. The maximum atomic E-state index is 5.86. The highest BCUT2D eigenvalue weighted by Crippen LogP contribution is 2.28. The summed E-state index contributed by atoms with van der Waals surface area (Å²) in [6.07, 6.45) is 0. The van der Waals surface area contributed by atoms with Crippen molar-refractivity contribution in [3.8, 4) is 17.2 Å². The molecule has 1 fully saturated rings. The van der Waals surface area contributed by atoms with Gasteiger partial charge in [0.05, 0.1) is 19.3 Å².